The number of nitriles is 2. The van der Waals surface area contributed by atoms with E-state index in [0.29, 0.717) is 60.9 Å². The highest BCUT2D eigenvalue weighted by Crippen LogP contribution is 2.27. The van der Waals surface area contributed by atoms with Crippen molar-refractivity contribution in [1.82, 2.24) is 19.7 Å². The Balaban J connectivity index is 1.49. The number of piperazine rings is 1. The molecule has 1 saturated heterocycles. The minimum Gasteiger partial charge on any atom is -0.479 e. The number of nitrogens with one attached hydrogen (secondary N) is 1. The first-order valence-electron chi connectivity index (χ1n) is 10.9. The molecule has 3 aromatic rings. The van der Waals surface area contributed by atoms with Gasteiger partial charge in [0.15, 0.2) is 5.82 Å². The van der Waals surface area contributed by atoms with Crippen molar-refractivity contribution < 1.29 is 13.9 Å². The third-order valence-corrected chi connectivity index (χ3v) is 5.72. The molecule has 10 nitrogen and oxygen atoms in total. The summed E-state index contributed by atoms with van der Waals surface area (Å²) >= 11 is 0. The molecule has 1 aliphatic rings. The van der Waals surface area contributed by atoms with Gasteiger partial charge in [0.1, 0.15) is 17.4 Å². The molecular formula is C24H23FN8O2. The summed E-state index contributed by atoms with van der Waals surface area (Å²) in [5.41, 5.74) is 1.88. The Morgan fingerprint density at radius 3 is 2.60 bits per heavy atom. The van der Waals surface area contributed by atoms with Crippen molar-refractivity contribution in [3.63, 3.8) is 0 Å². The molecule has 0 radical (unpaired) electrons. The van der Waals surface area contributed by atoms with E-state index in [1.165, 1.54) is 30.1 Å². The number of hydrogen-bond acceptors (Lipinski definition) is 8. The molecule has 1 aromatic carbocycles. The maximum atomic E-state index is 14.2. The van der Waals surface area contributed by atoms with Gasteiger partial charge >= 0.3 is 0 Å². The molecule has 0 spiro atoms. The highest BCUT2D eigenvalue weighted by molar-refractivity contribution is 6.07. The molecule has 11 heteroatoms. The number of ether oxygens (including phenoxy) is 1. The number of amides is 1. The van der Waals surface area contributed by atoms with E-state index in [4.69, 9.17) is 10.00 Å². The van der Waals surface area contributed by atoms with Gasteiger partial charge in [-0.05, 0) is 24.3 Å². The molecule has 178 valence electrons. The van der Waals surface area contributed by atoms with E-state index >= 15 is 0 Å². The van der Waals surface area contributed by atoms with Gasteiger partial charge in [-0.1, -0.05) is 0 Å². The number of carbonyl (C=O) groups excluding carboxylic acids is 1. The third-order valence-electron chi connectivity index (χ3n) is 5.72. The maximum absolute atomic E-state index is 14.2. The van der Waals surface area contributed by atoms with Gasteiger partial charge in [0.25, 0.3) is 5.91 Å². The van der Waals surface area contributed by atoms with Crippen LogP contribution in [0.1, 0.15) is 27.0 Å². The van der Waals surface area contributed by atoms with Gasteiger partial charge in [-0.15, -0.1) is 5.10 Å². The molecular weight excluding hydrogens is 451 g/mol. The molecule has 2 aromatic heterocycles. The Labute approximate surface area is 201 Å². The first-order chi connectivity index (χ1) is 16.9. The van der Waals surface area contributed by atoms with Crippen LogP contribution in [0.15, 0.2) is 36.7 Å². The summed E-state index contributed by atoms with van der Waals surface area (Å²) in [5.74, 6) is -0.0367. The molecule has 0 unspecified atom stereocenters. The first-order valence-corrected chi connectivity index (χ1v) is 10.9. The van der Waals surface area contributed by atoms with Crippen LogP contribution in [0.5, 0.6) is 5.88 Å². The second-order valence-electron chi connectivity index (χ2n) is 8.07. The lowest BCUT2D eigenvalue weighted by molar-refractivity contribution is 0.102. The maximum Gasteiger partial charge on any atom is 0.262 e. The topological polar surface area (TPSA) is 123 Å². The van der Waals surface area contributed by atoms with E-state index in [9.17, 15) is 14.4 Å². The fraction of sp³-hybridized carbons (Fsp3) is 0.292. The fourth-order valence-corrected chi connectivity index (χ4v) is 3.95. The van der Waals surface area contributed by atoms with Crippen LogP contribution in [0.2, 0.25) is 0 Å². The zero-order valence-electron chi connectivity index (χ0n) is 19.3. The summed E-state index contributed by atoms with van der Waals surface area (Å²) in [7, 11) is 3.12. The van der Waals surface area contributed by atoms with Crippen molar-refractivity contribution in [2.45, 2.75) is 6.54 Å². The Kier molecular flexibility index (Phi) is 6.90. The highest BCUT2D eigenvalue weighted by atomic mass is 19.1. The van der Waals surface area contributed by atoms with Crippen LogP contribution >= 0.6 is 0 Å². The number of methoxy groups -OCH3 is 1. The third kappa shape index (κ3) is 5.21. The van der Waals surface area contributed by atoms with E-state index in [1.54, 1.807) is 25.4 Å². The molecule has 3 heterocycles. The summed E-state index contributed by atoms with van der Waals surface area (Å²) in [6, 6.07) is 10.0. The van der Waals surface area contributed by atoms with Crippen molar-refractivity contribution in [3.8, 4) is 18.0 Å². The van der Waals surface area contributed by atoms with E-state index in [-0.39, 0.29) is 17.3 Å². The lowest BCUT2D eigenvalue weighted by Gasteiger charge is -2.36. The number of pyridine rings is 1. The number of halogens is 1. The Hall–Kier alpha value is -4.48. The van der Waals surface area contributed by atoms with Crippen LogP contribution in [0, 0.1) is 28.5 Å². The Morgan fingerprint density at radius 1 is 1.17 bits per heavy atom. The number of anilines is 2. The largest absolute Gasteiger partial charge is 0.479 e. The zero-order chi connectivity index (χ0) is 24.9. The standard InChI is InChI=1S/C24H23FN8O2/c1-31-15-19(24(30-31)35-2)23(34)29-21-10-17(12-27)13-28-22(21)33-7-5-32(6-8-33)14-18-9-16(11-26)3-4-20(18)25/h3-4,9-10,13,15H,5-8,14H2,1-2H3,(H,29,34). The van der Waals surface area contributed by atoms with Crippen molar-refractivity contribution in [2.24, 2.45) is 7.05 Å². The van der Waals surface area contributed by atoms with Crippen molar-refractivity contribution in [2.75, 3.05) is 43.5 Å². The lowest BCUT2D eigenvalue weighted by atomic mass is 10.1. The Morgan fingerprint density at radius 2 is 1.91 bits per heavy atom. The quantitative estimate of drug-likeness (QED) is 0.577. The number of aromatic nitrogens is 3. The summed E-state index contributed by atoms with van der Waals surface area (Å²) in [5, 5.41) is 25.4. The molecule has 1 fully saturated rings. The van der Waals surface area contributed by atoms with Gasteiger partial charge in [0, 0.05) is 57.7 Å². The molecule has 1 amide bonds. The average molecular weight is 475 g/mol. The van der Waals surface area contributed by atoms with Crippen LogP contribution in [-0.4, -0.2) is 58.9 Å². The van der Waals surface area contributed by atoms with Crippen LogP contribution < -0.4 is 15.0 Å². The normalized spacial score (nSPS) is 13.7. The second-order valence-corrected chi connectivity index (χ2v) is 8.07. The molecule has 4 rings (SSSR count). The van der Waals surface area contributed by atoms with Crippen molar-refractivity contribution >= 4 is 17.4 Å². The van der Waals surface area contributed by atoms with Gasteiger partial charge in [-0.3, -0.25) is 14.4 Å². The SMILES string of the molecule is COc1nn(C)cc1C(=O)Nc1cc(C#N)cnc1N1CCN(Cc2cc(C#N)ccc2F)CC1. The Bertz CT molecular complexity index is 1330. The molecule has 1 aliphatic heterocycles. The van der Waals surface area contributed by atoms with Crippen LogP contribution in [0.4, 0.5) is 15.9 Å². The van der Waals surface area contributed by atoms with Gasteiger partial charge in [-0.25, -0.2) is 9.37 Å². The molecule has 0 saturated carbocycles. The van der Waals surface area contributed by atoms with Gasteiger partial charge in [-0.2, -0.15) is 10.5 Å². The lowest BCUT2D eigenvalue weighted by Crippen LogP contribution is -2.46. The molecule has 0 aliphatic carbocycles. The predicted molar refractivity (Wildman–Crippen MR) is 125 cm³/mol. The second kappa shape index (κ2) is 10.2. The highest BCUT2D eigenvalue weighted by Gasteiger charge is 2.24. The zero-order valence-corrected chi connectivity index (χ0v) is 19.3. The molecule has 0 bridgehead atoms. The predicted octanol–water partition coefficient (Wildman–Crippen LogP) is 2.28. The molecule has 35 heavy (non-hydrogen) atoms. The van der Waals surface area contributed by atoms with E-state index in [1.807, 2.05) is 17.0 Å². The van der Waals surface area contributed by atoms with Crippen molar-refractivity contribution in [1.29, 1.82) is 10.5 Å². The number of hydrogen-bond donors (Lipinski definition) is 1. The number of rotatable bonds is 6. The summed E-state index contributed by atoms with van der Waals surface area (Å²) in [6.45, 7) is 2.80. The van der Waals surface area contributed by atoms with Gasteiger partial charge < -0.3 is 15.0 Å². The van der Waals surface area contributed by atoms with Crippen LogP contribution in [-0.2, 0) is 13.6 Å². The van der Waals surface area contributed by atoms with E-state index in [0.717, 1.165) is 0 Å². The van der Waals surface area contributed by atoms with Crippen LogP contribution in [0.25, 0.3) is 0 Å². The number of benzene rings is 1. The van der Waals surface area contributed by atoms with Crippen LogP contribution in [0.3, 0.4) is 0 Å². The monoisotopic (exact) mass is 474 g/mol. The minimum absolute atomic E-state index is 0.192. The smallest absolute Gasteiger partial charge is 0.262 e. The average Bonchev–Trinajstić information content (AvgIpc) is 3.26. The minimum atomic E-state index is -0.431. The summed E-state index contributed by atoms with van der Waals surface area (Å²) in [4.78, 5) is 21.5. The fourth-order valence-electron chi connectivity index (χ4n) is 3.95. The van der Waals surface area contributed by atoms with E-state index in [2.05, 4.69) is 20.3 Å². The number of carbonyl (C=O) groups is 1. The van der Waals surface area contributed by atoms with Gasteiger partial charge in [0.05, 0.1) is 30.0 Å². The van der Waals surface area contributed by atoms with Crippen molar-refractivity contribution in [3.05, 3.63) is 64.7 Å². The molecule has 0 atom stereocenters. The number of aryl methyl sites for hydroxylation is 1. The first kappa shape index (κ1) is 23.7. The molecule has 1 N–H and O–H groups in total. The summed E-state index contributed by atoms with van der Waals surface area (Å²) in [6.07, 6.45) is 3.01. The van der Waals surface area contributed by atoms with E-state index < -0.39 is 5.91 Å². The number of nitrogens with zero attached hydrogens (tertiary/aromatic N) is 7. The van der Waals surface area contributed by atoms with Gasteiger partial charge in [0.2, 0.25) is 5.88 Å². The summed E-state index contributed by atoms with van der Waals surface area (Å²) < 4.78 is 20.9.